The Morgan fingerprint density at radius 3 is 2.92 bits per heavy atom. The fourth-order valence-corrected chi connectivity index (χ4v) is 3.23. The Morgan fingerprint density at radius 2 is 2.23 bits per heavy atom. The number of anilines is 1. The van der Waals surface area contributed by atoms with Crippen LogP contribution in [-0.2, 0) is 9.53 Å². The molecule has 1 amide bonds. The van der Waals surface area contributed by atoms with Crippen molar-refractivity contribution >= 4 is 40.1 Å². The summed E-state index contributed by atoms with van der Waals surface area (Å²) in [4.78, 5) is 29.3. The maximum absolute atomic E-state index is 12.7. The fourth-order valence-electron chi connectivity index (χ4n) is 2.32. The van der Waals surface area contributed by atoms with Crippen LogP contribution in [0.25, 0.3) is 6.08 Å². The molecule has 0 aliphatic carbocycles. The first-order valence-corrected chi connectivity index (χ1v) is 8.79. The number of esters is 1. The van der Waals surface area contributed by atoms with Gasteiger partial charge in [0.2, 0.25) is 5.13 Å². The van der Waals surface area contributed by atoms with Gasteiger partial charge in [0.15, 0.2) is 0 Å². The lowest BCUT2D eigenvalue weighted by atomic mass is 10.1. The number of hydrazone groups is 1. The van der Waals surface area contributed by atoms with E-state index >= 15 is 0 Å². The zero-order chi connectivity index (χ0) is 18.7. The van der Waals surface area contributed by atoms with Crippen molar-refractivity contribution in [3.05, 3.63) is 52.5 Å². The summed E-state index contributed by atoms with van der Waals surface area (Å²) in [6.45, 7) is 5.46. The van der Waals surface area contributed by atoms with E-state index in [1.165, 1.54) is 5.01 Å². The Bertz CT molecular complexity index is 922. The van der Waals surface area contributed by atoms with E-state index in [1.807, 2.05) is 6.07 Å². The summed E-state index contributed by atoms with van der Waals surface area (Å²) >= 11 is 1.09. The molecule has 0 fully saturated rings. The second-order valence-corrected chi connectivity index (χ2v) is 6.37. The molecule has 0 bridgehead atoms. The van der Waals surface area contributed by atoms with Gasteiger partial charge in [-0.1, -0.05) is 17.4 Å². The number of amides is 1. The number of rotatable bonds is 5. The van der Waals surface area contributed by atoms with Crippen molar-refractivity contribution in [3.8, 4) is 0 Å². The van der Waals surface area contributed by atoms with Gasteiger partial charge in [-0.05, 0) is 45.1 Å². The van der Waals surface area contributed by atoms with E-state index in [2.05, 4.69) is 10.1 Å². The lowest BCUT2D eigenvalue weighted by molar-refractivity contribution is -0.114. The third-order valence-corrected chi connectivity index (χ3v) is 4.67. The summed E-state index contributed by atoms with van der Waals surface area (Å²) in [7, 11) is 0. The minimum atomic E-state index is -0.446. The molecule has 0 spiro atoms. The molecule has 26 heavy (non-hydrogen) atoms. The van der Waals surface area contributed by atoms with Crippen molar-refractivity contribution in [2.45, 2.75) is 20.8 Å². The fraction of sp³-hybridized carbons (Fsp3) is 0.222. The first-order chi connectivity index (χ1) is 12.5. The Balaban J connectivity index is 1.82. The number of nitrogens with zero attached hydrogens (tertiary/aromatic N) is 3. The third-order valence-electron chi connectivity index (χ3n) is 3.56. The van der Waals surface area contributed by atoms with Crippen molar-refractivity contribution in [2.75, 3.05) is 11.6 Å². The summed E-state index contributed by atoms with van der Waals surface area (Å²) in [6.07, 6.45) is 6.73. The van der Waals surface area contributed by atoms with E-state index in [9.17, 15) is 9.59 Å². The van der Waals surface area contributed by atoms with Gasteiger partial charge in [-0.15, -0.1) is 0 Å². The molecule has 0 unspecified atom stereocenters. The minimum absolute atomic E-state index is 0.278. The zero-order valence-corrected chi connectivity index (χ0v) is 15.4. The predicted octanol–water partition coefficient (Wildman–Crippen LogP) is 3.58. The number of thiazole rings is 1. The standard InChI is InChI=1S/C18H17N3O4S/c1-4-24-17(23)15-12(3)19-18(26-15)21-16(22)14(11(2)20-21)9-5-7-13-8-6-10-25-13/h5-10H,4H2,1-3H3/b7-5+,14-9+. The van der Waals surface area contributed by atoms with Gasteiger partial charge in [0.05, 0.1) is 29.8 Å². The number of hydrogen-bond acceptors (Lipinski definition) is 7. The van der Waals surface area contributed by atoms with Crippen molar-refractivity contribution in [1.82, 2.24) is 4.98 Å². The molecule has 1 aliphatic rings. The van der Waals surface area contributed by atoms with Crippen LogP contribution >= 0.6 is 11.3 Å². The molecule has 1 aliphatic heterocycles. The van der Waals surface area contributed by atoms with Crippen LogP contribution in [0.2, 0.25) is 0 Å². The molecule has 0 saturated heterocycles. The first kappa shape index (κ1) is 17.8. The molecule has 0 saturated carbocycles. The summed E-state index contributed by atoms with van der Waals surface area (Å²) < 4.78 is 10.2. The van der Waals surface area contributed by atoms with Crippen molar-refractivity contribution < 1.29 is 18.7 Å². The molecule has 0 atom stereocenters. The lowest BCUT2D eigenvalue weighted by Gasteiger charge is -2.06. The van der Waals surface area contributed by atoms with Crippen LogP contribution in [-0.4, -0.2) is 29.2 Å². The van der Waals surface area contributed by atoms with Crippen molar-refractivity contribution in [2.24, 2.45) is 5.10 Å². The summed E-state index contributed by atoms with van der Waals surface area (Å²) in [6, 6.07) is 3.60. The number of aromatic nitrogens is 1. The smallest absolute Gasteiger partial charge is 0.350 e. The van der Waals surface area contributed by atoms with E-state index in [0.29, 0.717) is 32.7 Å². The van der Waals surface area contributed by atoms with E-state index < -0.39 is 5.97 Å². The van der Waals surface area contributed by atoms with Gasteiger partial charge < -0.3 is 9.15 Å². The molecule has 2 aromatic rings. The van der Waals surface area contributed by atoms with Crippen LogP contribution in [0, 0.1) is 6.92 Å². The van der Waals surface area contributed by atoms with Gasteiger partial charge in [-0.25, -0.2) is 9.78 Å². The Kier molecular flexibility index (Phi) is 5.13. The van der Waals surface area contributed by atoms with Crippen molar-refractivity contribution in [1.29, 1.82) is 0 Å². The SMILES string of the molecule is CCOC(=O)c1sc(N2N=C(C)/C(=C\C=C\c3ccco3)C2=O)nc1C. The molecule has 2 aromatic heterocycles. The van der Waals surface area contributed by atoms with Gasteiger partial charge in [0, 0.05) is 0 Å². The van der Waals surface area contributed by atoms with Gasteiger partial charge in [0.25, 0.3) is 5.91 Å². The van der Waals surface area contributed by atoms with E-state index in [0.717, 1.165) is 11.3 Å². The Morgan fingerprint density at radius 1 is 1.42 bits per heavy atom. The highest BCUT2D eigenvalue weighted by Gasteiger charge is 2.31. The highest BCUT2D eigenvalue weighted by atomic mass is 32.1. The molecule has 8 heteroatoms. The molecule has 0 N–H and O–H groups in total. The molecule has 134 valence electrons. The summed E-state index contributed by atoms with van der Waals surface area (Å²) in [5.74, 6) is -0.0534. The maximum atomic E-state index is 12.7. The second kappa shape index (κ2) is 7.49. The summed E-state index contributed by atoms with van der Waals surface area (Å²) in [5, 5.41) is 5.82. The number of ether oxygens (including phenoxy) is 1. The molecular formula is C18H17N3O4S. The number of furan rings is 1. The number of carbonyl (C=O) groups excluding carboxylic acids is 2. The predicted molar refractivity (Wildman–Crippen MR) is 99.2 cm³/mol. The van der Waals surface area contributed by atoms with Gasteiger partial charge in [0.1, 0.15) is 10.6 Å². The largest absolute Gasteiger partial charge is 0.465 e. The quantitative estimate of drug-likeness (QED) is 0.592. The number of carbonyl (C=O) groups is 2. The van der Waals surface area contributed by atoms with Crippen LogP contribution in [0.3, 0.4) is 0 Å². The molecule has 3 rings (SSSR count). The highest BCUT2D eigenvalue weighted by Crippen LogP contribution is 2.30. The molecule has 3 heterocycles. The monoisotopic (exact) mass is 371 g/mol. The molecule has 7 nitrogen and oxygen atoms in total. The highest BCUT2D eigenvalue weighted by molar-refractivity contribution is 7.17. The molecule has 0 radical (unpaired) electrons. The normalized spacial score (nSPS) is 16.0. The average molecular weight is 371 g/mol. The van der Waals surface area contributed by atoms with Gasteiger partial charge >= 0.3 is 5.97 Å². The van der Waals surface area contributed by atoms with Crippen molar-refractivity contribution in [3.63, 3.8) is 0 Å². The van der Waals surface area contributed by atoms with Gasteiger partial charge in [-0.3, -0.25) is 4.79 Å². The molecule has 0 aromatic carbocycles. The number of hydrogen-bond donors (Lipinski definition) is 0. The third kappa shape index (κ3) is 3.50. The van der Waals surface area contributed by atoms with Crippen LogP contribution < -0.4 is 5.01 Å². The van der Waals surface area contributed by atoms with Crippen LogP contribution in [0.15, 0.2) is 45.6 Å². The Hall–Kier alpha value is -3.00. The summed E-state index contributed by atoms with van der Waals surface area (Å²) in [5.41, 5.74) is 1.54. The number of aryl methyl sites for hydroxylation is 1. The van der Waals surface area contributed by atoms with Crippen LogP contribution in [0.4, 0.5) is 5.13 Å². The first-order valence-electron chi connectivity index (χ1n) is 7.97. The van der Waals surface area contributed by atoms with Crippen LogP contribution in [0.1, 0.15) is 35.0 Å². The van der Waals surface area contributed by atoms with E-state index in [1.54, 1.807) is 51.3 Å². The van der Waals surface area contributed by atoms with E-state index in [4.69, 9.17) is 9.15 Å². The lowest BCUT2D eigenvalue weighted by Crippen LogP contribution is -2.21. The Labute approximate surface area is 154 Å². The second-order valence-electron chi connectivity index (χ2n) is 5.39. The zero-order valence-electron chi connectivity index (χ0n) is 14.6. The molecular weight excluding hydrogens is 354 g/mol. The maximum Gasteiger partial charge on any atom is 0.350 e. The topological polar surface area (TPSA) is 85.0 Å². The van der Waals surface area contributed by atoms with E-state index in [-0.39, 0.29) is 12.5 Å². The minimum Gasteiger partial charge on any atom is -0.465 e. The van der Waals surface area contributed by atoms with Crippen LogP contribution in [0.5, 0.6) is 0 Å². The average Bonchev–Trinajstić information content (AvgIpc) is 3.30. The number of allylic oxidation sites excluding steroid dienone is 2. The van der Waals surface area contributed by atoms with Gasteiger partial charge in [-0.2, -0.15) is 10.1 Å².